The van der Waals surface area contributed by atoms with Gasteiger partial charge in [-0.1, -0.05) is 78.7 Å². The lowest BCUT2D eigenvalue weighted by Crippen LogP contribution is -2.54. The van der Waals surface area contributed by atoms with Crippen LogP contribution in [0.25, 0.3) is 6.08 Å². The van der Waals surface area contributed by atoms with Crippen LogP contribution in [0.15, 0.2) is 72.3 Å². The summed E-state index contributed by atoms with van der Waals surface area (Å²) in [6.45, 7) is 6.13. The van der Waals surface area contributed by atoms with Crippen molar-refractivity contribution in [1.29, 1.82) is 0 Å². The normalized spacial score (nSPS) is 15.2. The van der Waals surface area contributed by atoms with Crippen molar-refractivity contribution >= 4 is 29.6 Å². The van der Waals surface area contributed by atoms with Crippen LogP contribution in [0.3, 0.4) is 0 Å². The number of carbonyl (C=O) groups excluding carboxylic acids is 3. The third-order valence-electron chi connectivity index (χ3n) is 5.70. The molecule has 0 radical (unpaired) electrons. The fourth-order valence-corrected chi connectivity index (χ4v) is 4.21. The maximum atomic E-state index is 13.2. The summed E-state index contributed by atoms with van der Waals surface area (Å²) in [4.78, 5) is 39.2. The molecule has 1 heterocycles. The van der Waals surface area contributed by atoms with Gasteiger partial charge in [-0.15, -0.1) is 0 Å². The smallest absolute Gasteiger partial charge is 0.273 e. The molecule has 1 fully saturated rings. The molecule has 1 saturated heterocycles. The van der Waals surface area contributed by atoms with Gasteiger partial charge in [-0.2, -0.15) is 0 Å². The summed E-state index contributed by atoms with van der Waals surface area (Å²) in [6, 6.07) is 20.7. The van der Waals surface area contributed by atoms with Crippen LogP contribution in [0.5, 0.6) is 0 Å². The van der Waals surface area contributed by atoms with Crippen LogP contribution in [0, 0.1) is 13.8 Å². The zero-order valence-electron chi connectivity index (χ0n) is 19.0. The van der Waals surface area contributed by atoms with E-state index in [-0.39, 0.29) is 5.57 Å². The fourth-order valence-electron chi connectivity index (χ4n) is 4.21. The Morgan fingerprint density at radius 1 is 0.848 bits per heavy atom. The first-order chi connectivity index (χ1) is 15.9. The van der Waals surface area contributed by atoms with E-state index in [4.69, 9.17) is 0 Å². The van der Waals surface area contributed by atoms with Gasteiger partial charge in [-0.05, 0) is 61.1 Å². The number of hydrogen-bond donors (Lipinski definition) is 1. The molecule has 1 aliphatic heterocycles. The highest BCUT2D eigenvalue weighted by molar-refractivity contribution is 6.39. The zero-order chi connectivity index (χ0) is 23.5. The molecule has 33 heavy (non-hydrogen) atoms. The number of urea groups is 1. The Kier molecular flexibility index (Phi) is 6.22. The number of benzene rings is 3. The molecule has 3 aromatic rings. The third kappa shape index (κ3) is 4.77. The van der Waals surface area contributed by atoms with Crippen molar-refractivity contribution in [2.24, 2.45) is 0 Å². The number of amides is 4. The minimum absolute atomic E-state index is 0.0671. The first-order valence-electron chi connectivity index (χ1n) is 11.0. The van der Waals surface area contributed by atoms with Gasteiger partial charge in [-0.3, -0.25) is 14.9 Å². The molecule has 0 bridgehead atoms. The first kappa shape index (κ1) is 22.2. The highest BCUT2D eigenvalue weighted by Crippen LogP contribution is 2.26. The molecular weight excluding hydrogens is 412 g/mol. The second kappa shape index (κ2) is 9.25. The first-order valence-corrected chi connectivity index (χ1v) is 11.0. The number of para-hydroxylation sites is 1. The summed E-state index contributed by atoms with van der Waals surface area (Å²) in [5.74, 6) is -1.31. The van der Waals surface area contributed by atoms with Gasteiger partial charge in [0.1, 0.15) is 5.57 Å². The standard InChI is InChI=1S/C28H26N2O3/c1-4-23-7-5-6-8-25(23)30-27(32)24(26(31)29-28(30)33)17-21-11-9-20(10-12-21)16-22-14-18(2)13-19(3)15-22/h5-15,17H,4,16H2,1-3H3,(H,29,31,33)/b24-17-. The highest BCUT2D eigenvalue weighted by Gasteiger charge is 2.37. The molecule has 0 unspecified atom stereocenters. The molecule has 3 aromatic carbocycles. The van der Waals surface area contributed by atoms with E-state index >= 15 is 0 Å². The van der Waals surface area contributed by atoms with Crippen LogP contribution < -0.4 is 10.2 Å². The van der Waals surface area contributed by atoms with Crippen molar-refractivity contribution in [3.05, 3.63) is 106 Å². The van der Waals surface area contributed by atoms with E-state index < -0.39 is 17.8 Å². The van der Waals surface area contributed by atoms with E-state index in [0.717, 1.165) is 28.0 Å². The number of aryl methyl sites for hydroxylation is 3. The van der Waals surface area contributed by atoms with E-state index in [9.17, 15) is 14.4 Å². The highest BCUT2D eigenvalue weighted by atomic mass is 16.2. The molecule has 1 N–H and O–H groups in total. The number of imide groups is 2. The molecule has 0 saturated carbocycles. The van der Waals surface area contributed by atoms with Crippen LogP contribution in [-0.4, -0.2) is 17.8 Å². The Labute approximate surface area is 193 Å². The predicted octanol–water partition coefficient (Wildman–Crippen LogP) is 5.12. The molecule has 0 spiro atoms. The largest absolute Gasteiger partial charge is 0.335 e. The second-order valence-corrected chi connectivity index (χ2v) is 8.35. The number of nitrogens with one attached hydrogen (secondary N) is 1. The number of barbiturate groups is 1. The van der Waals surface area contributed by atoms with Gasteiger partial charge in [-0.25, -0.2) is 9.69 Å². The topological polar surface area (TPSA) is 66.5 Å². The van der Waals surface area contributed by atoms with E-state index in [0.29, 0.717) is 12.1 Å². The van der Waals surface area contributed by atoms with Crippen molar-refractivity contribution in [2.75, 3.05) is 4.90 Å². The minimum atomic E-state index is -0.730. The van der Waals surface area contributed by atoms with Crippen molar-refractivity contribution < 1.29 is 14.4 Å². The van der Waals surface area contributed by atoms with Crippen molar-refractivity contribution in [3.63, 3.8) is 0 Å². The number of hydrogen-bond acceptors (Lipinski definition) is 3. The van der Waals surface area contributed by atoms with Gasteiger partial charge in [0, 0.05) is 0 Å². The summed E-state index contributed by atoms with van der Waals surface area (Å²) in [5, 5.41) is 2.29. The lowest BCUT2D eigenvalue weighted by molar-refractivity contribution is -0.122. The zero-order valence-corrected chi connectivity index (χ0v) is 19.0. The molecule has 0 aromatic heterocycles. The Hall–Kier alpha value is -3.99. The van der Waals surface area contributed by atoms with Crippen LogP contribution in [0.2, 0.25) is 0 Å². The molecule has 166 valence electrons. The molecule has 0 atom stereocenters. The van der Waals surface area contributed by atoms with Crippen molar-refractivity contribution in [3.8, 4) is 0 Å². The Bertz CT molecular complexity index is 1250. The Morgan fingerprint density at radius 3 is 2.18 bits per heavy atom. The summed E-state index contributed by atoms with van der Waals surface area (Å²) >= 11 is 0. The number of anilines is 1. The maximum absolute atomic E-state index is 13.2. The van der Waals surface area contributed by atoms with Gasteiger partial charge in [0.15, 0.2) is 0 Å². The fraction of sp³-hybridized carbons (Fsp3) is 0.179. The number of nitrogens with zero attached hydrogens (tertiary/aromatic N) is 1. The maximum Gasteiger partial charge on any atom is 0.335 e. The molecule has 4 rings (SSSR count). The molecule has 1 aliphatic rings. The van der Waals surface area contributed by atoms with E-state index in [1.807, 2.05) is 43.3 Å². The van der Waals surface area contributed by atoms with Crippen molar-refractivity contribution in [1.82, 2.24) is 5.32 Å². The van der Waals surface area contributed by atoms with Gasteiger partial charge in [0.05, 0.1) is 5.69 Å². The van der Waals surface area contributed by atoms with Gasteiger partial charge >= 0.3 is 6.03 Å². The lowest BCUT2D eigenvalue weighted by Gasteiger charge is -2.28. The molecule has 5 nitrogen and oxygen atoms in total. The van der Waals surface area contributed by atoms with Crippen LogP contribution in [0.4, 0.5) is 10.5 Å². The summed E-state index contributed by atoms with van der Waals surface area (Å²) in [5.41, 5.74) is 6.83. The van der Waals surface area contributed by atoms with Crippen LogP contribution in [-0.2, 0) is 22.4 Å². The van der Waals surface area contributed by atoms with Crippen molar-refractivity contribution in [2.45, 2.75) is 33.6 Å². The molecule has 4 amide bonds. The van der Waals surface area contributed by atoms with Crippen LogP contribution in [0.1, 0.15) is 40.3 Å². The number of rotatable bonds is 5. The average molecular weight is 439 g/mol. The predicted molar refractivity (Wildman–Crippen MR) is 130 cm³/mol. The summed E-state index contributed by atoms with van der Waals surface area (Å²) < 4.78 is 0. The SMILES string of the molecule is CCc1ccccc1N1C(=O)NC(=O)/C(=C/c2ccc(Cc3cc(C)cc(C)c3)cc2)C1=O. The van der Waals surface area contributed by atoms with Gasteiger partial charge in [0.25, 0.3) is 11.8 Å². The van der Waals surface area contributed by atoms with Crippen LogP contribution >= 0.6 is 0 Å². The quantitative estimate of drug-likeness (QED) is 0.444. The van der Waals surface area contributed by atoms with E-state index in [2.05, 4.69) is 37.4 Å². The van der Waals surface area contributed by atoms with E-state index in [1.165, 1.54) is 22.8 Å². The molecular formula is C28H26N2O3. The van der Waals surface area contributed by atoms with Gasteiger partial charge in [0.2, 0.25) is 0 Å². The Morgan fingerprint density at radius 2 is 1.52 bits per heavy atom. The second-order valence-electron chi connectivity index (χ2n) is 8.35. The third-order valence-corrected chi connectivity index (χ3v) is 5.70. The monoisotopic (exact) mass is 438 g/mol. The minimum Gasteiger partial charge on any atom is -0.273 e. The molecule has 0 aliphatic carbocycles. The number of carbonyl (C=O) groups is 3. The Balaban J connectivity index is 1.60. The van der Waals surface area contributed by atoms with Gasteiger partial charge < -0.3 is 0 Å². The van der Waals surface area contributed by atoms with E-state index in [1.54, 1.807) is 12.1 Å². The summed E-state index contributed by atoms with van der Waals surface area (Å²) in [7, 11) is 0. The molecule has 5 heteroatoms. The lowest BCUT2D eigenvalue weighted by atomic mass is 9.99. The average Bonchev–Trinajstić information content (AvgIpc) is 2.77. The summed E-state index contributed by atoms with van der Waals surface area (Å²) in [6.07, 6.45) is 2.99.